The first kappa shape index (κ1) is 13.7. The molecule has 0 bridgehead atoms. The molecule has 1 aromatic rings. The minimum atomic E-state index is -0.843. The second-order valence-corrected chi connectivity index (χ2v) is 4.20. The molecular formula is C12H21N3O2. The molecule has 0 amide bonds. The van der Waals surface area contributed by atoms with Crippen molar-refractivity contribution in [3.8, 4) is 0 Å². The van der Waals surface area contributed by atoms with Gasteiger partial charge in [-0.1, -0.05) is 13.8 Å². The van der Waals surface area contributed by atoms with Gasteiger partial charge in [-0.2, -0.15) is 5.10 Å². The molecule has 0 spiro atoms. The van der Waals surface area contributed by atoms with Gasteiger partial charge in [-0.15, -0.1) is 0 Å². The number of aliphatic carboxylic acids is 1. The zero-order valence-electron chi connectivity index (χ0n) is 10.7. The van der Waals surface area contributed by atoms with E-state index in [0.29, 0.717) is 12.6 Å². The fourth-order valence-electron chi connectivity index (χ4n) is 1.68. The summed E-state index contributed by atoms with van der Waals surface area (Å²) in [5.74, 6) is -0.843. The van der Waals surface area contributed by atoms with Crippen LogP contribution < -0.4 is 5.32 Å². The molecule has 0 fully saturated rings. The zero-order valence-corrected chi connectivity index (χ0v) is 10.7. The maximum absolute atomic E-state index is 10.6. The lowest BCUT2D eigenvalue weighted by Crippen LogP contribution is -2.33. The molecule has 1 atom stereocenters. The molecule has 1 heterocycles. The monoisotopic (exact) mass is 239 g/mol. The molecule has 0 saturated heterocycles. The summed E-state index contributed by atoms with van der Waals surface area (Å²) in [5.41, 5.74) is 0.880. The maximum atomic E-state index is 10.6. The molecule has 0 aliphatic rings. The normalized spacial score (nSPS) is 12.9. The number of aromatic nitrogens is 2. The van der Waals surface area contributed by atoms with Crippen molar-refractivity contribution in [2.24, 2.45) is 0 Å². The number of nitrogens with one attached hydrogen (secondary N) is 1. The van der Waals surface area contributed by atoms with Crippen LogP contribution in [-0.4, -0.2) is 26.9 Å². The number of hydrogen-bond donors (Lipinski definition) is 2. The summed E-state index contributed by atoms with van der Waals surface area (Å²) in [6.07, 6.45) is 4.06. The Labute approximate surface area is 102 Å². The smallest absolute Gasteiger partial charge is 0.320 e. The van der Waals surface area contributed by atoms with Gasteiger partial charge in [-0.05, 0) is 25.8 Å². The fraction of sp³-hybridized carbons (Fsp3) is 0.667. The quantitative estimate of drug-likeness (QED) is 0.761. The van der Waals surface area contributed by atoms with Crippen molar-refractivity contribution in [1.29, 1.82) is 0 Å². The Morgan fingerprint density at radius 1 is 1.53 bits per heavy atom. The van der Waals surface area contributed by atoms with Crippen molar-refractivity contribution >= 4 is 5.97 Å². The van der Waals surface area contributed by atoms with Gasteiger partial charge in [-0.25, -0.2) is 0 Å². The molecular weight excluding hydrogens is 218 g/mol. The van der Waals surface area contributed by atoms with Gasteiger partial charge >= 0.3 is 5.97 Å². The molecule has 0 unspecified atom stereocenters. The molecule has 0 aliphatic carbocycles. The van der Waals surface area contributed by atoms with E-state index in [0.717, 1.165) is 18.5 Å². The van der Waals surface area contributed by atoms with Crippen LogP contribution >= 0.6 is 0 Å². The third-order valence-corrected chi connectivity index (χ3v) is 2.94. The van der Waals surface area contributed by atoms with E-state index < -0.39 is 12.0 Å². The minimum Gasteiger partial charge on any atom is -0.480 e. The Morgan fingerprint density at radius 3 is 2.71 bits per heavy atom. The summed E-state index contributed by atoms with van der Waals surface area (Å²) in [6, 6.07) is 1.81. The Bertz CT molecular complexity index is 358. The van der Waals surface area contributed by atoms with E-state index in [1.165, 1.54) is 0 Å². The molecule has 1 rings (SSSR count). The highest BCUT2D eigenvalue weighted by atomic mass is 16.4. The summed E-state index contributed by atoms with van der Waals surface area (Å²) in [7, 11) is 0. The molecule has 0 radical (unpaired) electrons. The van der Waals surface area contributed by atoms with Crippen LogP contribution in [0, 0.1) is 0 Å². The Hall–Kier alpha value is -1.36. The second kappa shape index (κ2) is 6.39. The van der Waals surface area contributed by atoms with Crippen LogP contribution in [0.2, 0.25) is 0 Å². The molecule has 5 heteroatoms. The summed E-state index contributed by atoms with van der Waals surface area (Å²) < 4.78 is 1.96. The lowest BCUT2D eigenvalue weighted by Gasteiger charge is -2.12. The molecule has 0 saturated carbocycles. The van der Waals surface area contributed by atoms with Gasteiger partial charge in [0.15, 0.2) is 0 Å². The number of nitrogens with zero attached hydrogens (tertiary/aromatic N) is 2. The molecule has 0 aliphatic heterocycles. The van der Waals surface area contributed by atoms with E-state index >= 15 is 0 Å². The van der Waals surface area contributed by atoms with Gasteiger partial charge in [0.1, 0.15) is 6.04 Å². The van der Waals surface area contributed by atoms with Crippen LogP contribution in [-0.2, 0) is 11.3 Å². The summed E-state index contributed by atoms with van der Waals surface area (Å²) in [4.78, 5) is 10.6. The maximum Gasteiger partial charge on any atom is 0.320 e. The summed E-state index contributed by atoms with van der Waals surface area (Å²) in [6.45, 7) is 6.39. The van der Waals surface area contributed by atoms with Gasteiger partial charge in [-0.3, -0.25) is 14.8 Å². The van der Waals surface area contributed by atoms with Crippen molar-refractivity contribution < 1.29 is 9.90 Å². The van der Waals surface area contributed by atoms with E-state index in [1.54, 1.807) is 6.92 Å². The average molecular weight is 239 g/mol. The SMILES string of the molecule is CCC(CC)n1ccc(CN[C@H](C)C(=O)O)n1. The van der Waals surface area contributed by atoms with Crippen molar-refractivity contribution in [2.45, 2.75) is 52.2 Å². The number of carboxylic acid groups (broad SMARTS) is 1. The number of carbonyl (C=O) groups is 1. The fourth-order valence-corrected chi connectivity index (χ4v) is 1.68. The van der Waals surface area contributed by atoms with Crippen LogP contribution in [0.1, 0.15) is 45.3 Å². The Morgan fingerprint density at radius 2 is 2.18 bits per heavy atom. The Kier molecular flexibility index (Phi) is 5.15. The van der Waals surface area contributed by atoms with Crippen LogP contribution in [0.25, 0.3) is 0 Å². The standard InChI is InChI=1S/C12H21N3O2/c1-4-11(5-2)15-7-6-10(14-15)8-13-9(3)12(16)17/h6-7,9,11,13H,4-5,8H2,1-3H3,(H,16,17)/t9-/m1/s1. The van der Waals surface area contributed by atoms with E-state index in [2.05, 4.69) is 24.3 Å². The van der Waals surface area contributed by atoms with Gasteiger partial charge in [0, 0.05) is 12.7 Å². The molecule has 0 aromatic carbocycles. The minimum absolute atomic E-state index is 0.431. The lowest BCUT2D eigenvalue weighted by molar-refractivity contribution is -0.139. The highest BCUT2D eigenvalue weighted by Crippen LogP contribution is 2.14. The highest BCUT2D eigenvalue weighted by molar-refractivity contribution is 5.72. The average Bonchev–Trinajstić information content (AvgIpc) is 2.76. The molecule has 1 aromatic heterocycles. The molecule has 96 valence electrons. The van der Waals surface area contributed by atoms with E-state index in [4.69, 9.17) is 5.11 Å². The van der Waals surface area contributed by atoms with E-state index in [9.17, 15) is 4.79 Å². The molecule has 2 N–H and O–H groups in total. The first-order valence-electron chi connectivity index (χ1n) is 6.08. The second-order valence-electron chi connectivity index (χ2n) is 4.20. The largest absolute Gasteiger partial charge is 0.480 e. The Balaban J connectivity index is 2.54. The molecule has 5 nitrogen and oxygen atoms in total. The van der Waals surface area contributed by atoms with Crippen LogP contribution in [0.5, 0.6) is 0 Å². The third kappa shape index (κ3) is 3.85. The van der Waals surface area contributed by atoms with Crippen molar-refractivity contribution in [1.82, 2.24) is 15.1 Å². The van der Waals surface area contributed by atoms with Crippen LogP contribution in [0.4, 0.5) is 0 Å². The summed E-state index contributed by atoms with van der Waals surface area (Å²) >= 11 is 0. The van der Waals surface area contributed by atoms with E-state index in [-0.39, 0.29) is 0 Å². The highest BCUT2D eigenvalue weighted by Gasteiger charge is 2.11. The third-order valence-electron chi connectivity index (χ3n) is 2.94. The van der Waals surface area contributed by atoms with Gasteiger partial charge in [0.05, 0.1) is 11.7 Å². The predicted molar refractivity (Wildman–Crippen MR) is 65.8 cm³/mol. The predicted octanol–water partition coefficient (Wildman–Crippen LogP) is 1.81. The van der Waals surface area contributed by atoms with Crippen molar-refractivity contribution in [2.75, 3.05) is 0 Å². The van der Waals surface area contributed by atoms with Crippen LogP contribution in [0.3, 0.4) is 0 Å². The first-order valence-corrected chi connectivity index (χ1v) is 6.08. The van der Waals surface area contributed by atoms with Crippen molar-refractivity contribution in [3.63, 3.8) is 0 Å². The van der Waals surface area contributed by atoms with Gasteiger partial charge < -0.3 is 5.11 Å². The van der Waals surface area contributed by atoms with Gasteiger partial charge in [0.2, 0.25) is 0 Å². The van der Waals surface area contributed by atoms with Crippen LogP contribution in [0.15, 0.2) is 12.3 Å². The van der Waals surface area contributed by atoms with Crippen molar-refractivity contribution in [3.05, 3.63) is 18.0 Å². The molecule has 17 heavy (non-hydrogen) atoms. The van der Waals surface area contributed by atoms with E-state index in [1.807, 2.05) is 16.9 Å². The number of hydrogen-bond acceptors (Lipinski definition) is 3. The lowest BCUT2D eigenvalue weighted by atomic mass is 10.2. The summed E-state index contributed by atoms with van der Waals surface area (Å²) in [5, 5.41) is 16.1. The van der Waals surface area contributed by atoms with Gasteiger partial charge in [0.25, 0.3) is 0 Å². The number of carboxylic acids is 1. The first-order chi connectivity index (χ1) is 8.08. The number of rotatable bonds is 7. The zero-order chi connectivity index (χ0) is 12.8. The topological polar surface area (TPSA) is 67.2 Å².